The molecule has 2 aromatic heterocycles. The zero-order valence-corrected chi connectivity index (χ0v) is 21.4. The maximum absolute atomic E-state index is 14.5. The molecule has 1 saturated carbocycles. The van der Waals surface area contributed by atoms with Gasteiger partial charge in [-0.1, -0.05) is 34.9 Å². The van der Waals surface area contributed by atoms with Crippen molar-refractivity contribution in [2.24, 2.45) is 0 Å². The second-order valence-corrected chi connectivity index (χ2v) is 10.2. The molecule has 38 heavy (non-hydrogen) atoms. The van der Waals surface area contributed by atoms with Gasteiger partial charge < -0.3 is 24.8 Å². The second kappa shape index (κ2) is 10.9. The van der Waals surface area contributed by atoms with E-state index in [1.54, 1.807) is 10.9 Å². The van der Waals surface area contributed by atoms with Gasteiger partial charge in [0.05, 0.1) is 41.8 Å². The van der Waals surface area contributed by atoms with E-state index in [1.807, 2.05) is 0 Å². The number of rotatable bonds is 8. The van der Waals surface area contributed by atoms with Crippen molar-refractivity contribution in [2.75, 3.05) is 20.3 Å². The topological polar surface area (TPSA) is 141 Å². The van der Waals surface area contributed by atoms with E-state index in [1.165, 1.54) is 30.1 Å². The number of hydrogen-bond acceptors (Lipinski definition) is 9. The van der Waals surface area contributed by atoms with Crippen molar-refractivity contribution in [3.05, 3.63) is 46.9 Å². The van der Waals surface area contributed by atoms with Crippen LogP contribution in [-0.4, -0.2) is 90.0 Å². The van der Waals surface area contributed by atoms with E-state index in [2.05, 4.69) is 20.6 Å². The summed E-state index contributed by atoms with van der Waals surface area (Å²) >= 11 is 5.66. The first-order valence-electron chi connectivity index (χ1n) is 12.4. The molecule has 1 aliphatic carbocycles. The maximum Gasteiger partial charge on any atom is 0.178 e. The Morgan fingerprint density at radius 3 is 2.55 bits per heavy atom. The van der Waals surface area contributed by atoms with Crippen LogP contribution in [0.1, 0.15) is 37.4 Å². The van der Waals surface area contributed by atoms with Gasteiger partial charge in [-0.05, 0) is 25.0 Å². The first kappa shape index (κ1) is 27.0. The molecular weight excluding hydrogens is 526 g/mol. The molecule has 1 saturated heterocycles. The quantitative estimate of drug-likeness (QED) is 0.354. The number of hydrogen-bond donors (Lipinski definition) is 3. The molecule has 14 heteroatoms. The molecule has 5 rings (SSSR count). The summed E-state index contributed by atoms with van der Waals surface area (Å²) in [6.45, 7) is -0.520. The van der Waals surface area contributed by atoms with Crippen molar-refractivity contribution in [1.29, 1.82) is 0 Å². The van der Waals surface area contributed by atoms with Gasteiger partial charge in [-0.25, -0.2) is 18.1 Å². The Morgan fingerprint density at radius 1 is 1.11 bits per heavy atom. The van der Waals surface area contributed by atoms with Crippen molar-refractivity contribution in [3.63, 3.8) is 0 Å². The highest BCUT2D eigenvalue weighted by Gasteiger charge is 2.47. The summed E-state index contributed by atoms with van der Waals surface area (Å²) in [4.78, 5) is 0. The van der Waals surface area contributed by atoms with Gasteiger partial charge in [-0.2, -0.15) is 0 Å². The van der Waals surface area contributed by atoms with Crippen LogP contribution >= 0.6 is 11.6 Å². The van der Waals surface area contributed by atoms with Crippen LogP contribution in [0.5, 0.6) is 0 Å². The summed E-state index contributed by atoms with van der Waals surface area (Å²) in [5.41, 5.74) is -0.0106. The van der Waals surface area contributed by atoms with E-state index in [4.69, 9.17) is 21.1 Å². The normalized spacial score (nSPS) is 27.2. The lowest BCUT2D eigenvalue weighted by molar-refractivity contribution is -0.212. The number of aromatic nitrogens is 6. The second-order valence-electron chi connectivity index (χ2n) is 9.83. The van der Waals surface area contributed by atoms with Crippen LogP contribution in [0.25, 0.3) is 11.3 Å². The minimum absolute atomic E-state index is 0.0255. The smallest absolute Gasteiger partial charge is 0.178 e. The van der Waals surface area contributed by atoms with E-state index in [0.717, 1.165) is 25.7 Å². The summed E-state index contributed by atoms with van der Waals surface area (Å²) in [5.74, 6) is -2.37. The number of aliphatic hydroxyl groups excluding tert-OH is 3. The molecule has 0 bridgehead atoms. The van der Waals surface area contributed by atoms with Crippen LogP contribution in [0.2, 0.25) is 5.02 Å². The zero-order chi connectivity index (χ0) is 27.0. The number of methoxy groups -OCH3 is 1. The van der Waals surface area contributed by atoms with Crippen LogP contribution < -0.4 is 0 Å². The molecule has 3 N–H and O–H groups in total. The number of halogens is 3. The maximum atomic E-state index is 14.5. The van der Waals surface area contributed by atoms with E-state index in [-0.39, 0.29) is 29.3 Å². The molecule has 0 amide bonds. The molecule has 3 heterocycles. The van der Waals surface area contributed by atoms with Gasteiger partial charge in [0.1, 0.15) is 30.0 Å². The minimum Gasteiger partial charge on any atom is -0.394 e. The predicted octanol–water partition coefficient (Wildman–Crippen LogP) is 1.65. The first-order chi connectivity index (χ1) is 18.3. The lowest BCUT2D eigenvalue weighted by Gasteiger charge is -2.43. The van der Waals surface area contributed by atoms with Crippen LogP contribution in [-0.2, 0) is 21.4 Å². The summed E-state index contributed by atoms with van der Waals surface area (Å²) in [7, 11) is 1.45. The third-order valence-electron chi connectivity index (χ3n) is 7.63. The van der Waals surface area contributed by atoms with Gasteiger partial charge in [0.2, 0.25) is 0 Å². The van der Waals surface area contributed by atoms with Gasteiger partial charge in [0, 0.05) is 25.3 Å². The third-order valence-corrected chi connectivity index (χ3v) is 7.92. The highest BCUT2D eigenvalue weighted by Crippen LogP contribution is 2.37. The summed E-state index contributed by atoms with van der Waals surface area (Å²) in [6, 6.07) is 1.62. The Hall–Kier alpha value is -2.55. The van der Waals surface area contributed by atoms with E-state index >= 15 is 0 Å². The fourth-order valence-corrected chi connectivity index (χ4v) is 5.67. The van der Waals surface area contributed by atoms with Gasteiger partial charge in [0.25, 0.3) is 0 Å². The van der Waals surface area contributed by atoms with E-state index < -0.39 is 54.2 Å². The Balaban J connectivity index is 1.43. The van der Waals surface area contributed by atoms with E-state index in [9.17, 15) is 24.1 Å². The average Bonchev–Trinajstić information content (AvgIpc) is 3.69. The average molecular weight is 555 g/mol. The van der Waals surface area contributed by atoms with E-state index in [0.29, 0.717) is 5.69 Å². The monoisotopic (exact) mass is 554 g/mol. The Bertz CT molecular complexity index is 1270. The molecule has 3 aromatic rings. The summed E-state index contributed by atoms with van der Waals surface area (Å²) in [5, 5.41) is 47.2. The van der Waals surface area contributed by atoms with Crippen LogP contribution in [0, 0.1) is 11.6 Å². The van der Waals surface area contributed by atoms with Crippen molar-refractivity contribution in [2.45, 2.75) is 68.1 Å². The van der Waals surface area contributed by atoms with Crippen LogP contribution in [0.3, 0.4) is 0 Å². The molecule has 0 spiro atoms. The molecule has 0 unspecified atom stereocenters. The third kappa shape index (κ3) is 4.71. The van der Waals surface area contributed by atoms with Crippen molar-refractivity contribution < 1.29 is 33.6 Å². The molecule has 1 aromatic carbocycles. The molecule has 206 valence electrons. The number of nitrogens with zero attached hydrogens (tertiary/aromatic N) is 6. The predicted molar refractivity (Wildman–Crippen MR) is 129 cm³/mol. The molecule has 5 atom stereocenters. The first-order valence-corrected chi connectivity index (χ1v) is 12.7. The Kier molecular flexibility index (Phi) is 7.76. The lowest BCUT2D eigenvalue weighted by atomic mass is 9.90. The SMILES string of the molecule is CO[C@@H]1[C@@H](n2cc(-c3ccc(Cl)c(F)c3F)nn2)[C@@H](O)[C@@H](CO)O[C@@H]1Cc1cn(C2(CO)CCCC2)nn1. The van der Waals surface area contributed by atoms with Gasteiger partial charge in [-0.15, -0.1) is 10.2 Å². The minimum atomic E-state index is -1.26. The molecule has 0 radical (unpaired) electrons. The van der Waals surface area contributed by atoms with Crippen LogP contribution in [0.4, 0.5) is 8.78 Å². The number of benzene rings is 1. The fourth-order valence-electron chi connectivity index (χ4n) is 5.52. The largest absolute Gasteiger partial charge is 0.394 e. The molecule has 11 nitrogen and oxygen atoms in total. The fraction of sp³-hybridized carbons (Fsp3) is 0.583. The Morgan fingerprint density at radius 2 is 1.87 bits per heavy atom. The highest BCUT2D eigenvalue weighted by atomic mass is 35.5. The molecule has 2 aliphatic rings. The Labute approximate surface area is 221 Å². The molecule has 1 aliphatic heterocycles. The molecule has 2 fully saturated rings. The standard InChI is InChI=1S/C24H29ClF2N6O5/c1-37-23-17(8-13-9-33(31-28-13)24(12-35)6-2-3-7-24)38-18(11-34)22(36)21(23)32-10-16(29-30-32)14-4-5-15(25)20(27)19(14)26/h4-5,9-10,17-18,21-23,34-36H,2-3,6-8,11-12H2,1H3/t17-,18-,21+,22+,23+/m1/s1. The lowest BCUT2D eigenvalue weighted by Crippen LogP contribution is -2.57. The van der Waals surface area contributed by atoms with Gasteiger partial charge in [-0.3, -0.25) is 0 Å². The van der Waals surface area contributed by atoms with Gasteiger partial charge >= 0.3 is 0 Å². The van der Waals surface area contributed by atoms with Crippen molar-refractivity contribution in [3.8, 4) is 11.3 Å². The van der Waals surface area contributed by atoms with Gasteiger partial charge in [0.15, 0.2) is 11.6 Å². The van der Waals surface area contributed by atoms with Crippen molar-refractivity contribution >= 4 is 11.6 Å². The molecular formula is C24H29ClF2N6O5. The summed E-state index contributed by atoms with van der Waals surface area (Å²) < 4.78 is 43.3. The highest BCUT2D eigenvalue weighted by molar-refractivity contribution is 6.30. The number of aliphatic hydroxyl groups is 3. The van der Waals surface area contributed by atoms with Crippen molar-refractivity contribution in [1.82, 2.24) is 30.0 Å². The van der Waals surface area contributed by atoms with Crippen LogP contribution in [0.15, 0.2) is 24.5 Å². The zero-order valence-electron chi connectivity index (χ0n) is 20.6. The summed E-state index contributed by atoms with van der Waals surface area (Å²) in [6.07, 6.45) is 3.28. The number of ether oxygens (including phenoxy) is 2.